The summed E-state index contributed by atoms with van der Waals surface area (Å²) in [5.74, 6) is 3.15. The Morgan fingerprint density at radius 1 is 1.16 bits per heavy atom. The van der Waals surface area contributed by atoms with Crippen LogP contribution in [0.1, 0.15) is 24.6 Å². The molecule has 1 saturated heterocycles. The number of fused-ring (bicyclic) bond motifs is 1. The van der Waals surface area contributed by atoms with Gasteiger partial charge in [-0.05, 0) is 25.0 Å². The van der Waals surface area contributed by atoms with Crippen molar-refractivity contribution in [1.82, 2.24) is 20.2 Å². The van der Waals surface area contributed by atoms with Gasteiger partial charge in [0.2, 0.25) is 0 Å². The molecule has 128 valence electrons. The first kappa shape index (κ1) is 14.9. The van der Waals surface area contributed by atoms with Crippen LogP contribution < -0.4 is 10.2 Å². The molecular weight excluding hydrogens is 340 g/mol. The van der Waals surface area contributed by atoms with Crippen molar-refractivity contribution in [3.63, 3.8) is 0 Å². The Labute approximate surface area is 149 Å². The summed E-state index contributed by atoms with van der Waals surface area (Å²) in [4.78, 5) is 11.3. The van der Waals surface area contributed by atoms with Crippen molar-refractivity contribution in [2.45, 2.75) is 24.9 Å². The molecule has 3 N–H and O–H groups in total. The van der Waals surface area contributed by atoms with Crippen LogP contribution in [0.4, 0.5) is 17.5 Å². The van der Waals surface area contributed by atoms with Crippen molar-refractivity contribution in [2.75, 3.05) is 23.3 Å². The Balaban J connectivity index is 1.55. The highest BCUT2D eigenvalue weighted by Crippen LogP contribution is 2.42. The van der Waals surface area contributed by atoms with Gasteiger partial charge in [-0.25, -0.2) is 9.97 Å². The molecule has 25 heavy (non-hydrogen) atoms. The lowest BCUT2D eigenvalue weighted by molar-refractivity contribution is 0.141. The van der Waals surface area contributed by atoms with Gasteiger partial charge in [-0.2, -0.15) is 5.10 Å². The number of aromatic amines is 1. The van der Waals surface area contributed by atoms with Gasteiger partial charge in [0.1, 0.15) is 10.8 Å². The van der Waals surface area contributed by atoms with E-state index in [-0.39, 0.29) is 6.10 Å². The number of hydrogen-bond donors (Lipinski definition) is 3. The highest BCUT2D eigenvalue weighted by atomic mass is 35.5. The van der Waals surface area contributed by atoms with E-state index < -0.39 is 0 Å². The number of nitrogens with one attached hydrogen (secondary N) is 2. The van der Waals surface area contributed by atoms with Crippen LogP contribution in [-0.4, -0.2) is 44.5 Å². The average Bonchev–Trinajstić information content (AvgIpc) is 3.36. The summed E-state index contributed by atoms with van der Waals surface area (Å²) in [5, 5.41) is 21.6. The molecule has 0 unspecified atom stereocenters. The molecule has 2 fully saturated rings. The molecule has 7 nitrogen and oxygen atoms in total. The molecule has 0 radical (unpaired) electrons. The second-order valence-electron chi connectivity index (χ2n) is 6.64. The summed E-state index contributed by atoms with van der Waals surface area (Å²) in [5.41, 5.74) is 0.948. The average molecular weight is 357 g/mol. The highest BCUT2D eigenvalue weighted by Gasteiger charge is 2.33. The topological polar surface area (TPSA) is 90.0 Å². The molecule has 1 aliphatic carbocycles. The number of aliphatic hydroxyl groups excluding tert-OH is 1. The summed E-state index contributed by atoms with van der Waals surface area (Å²) in [6, 6.07) is 7.88. The second-order valence-corrected chi connectivity index (χ2v) is 7.02. The van der Waals surface area contributed by atoms with Crippen molar-refractivity contribution in [2.24, 2.45) is 0 Å². The zero-order chi connectivity index (χ0) is 17.0. The lowest BCUT2D eigenvalue weighted by Gasteiger charge is -2.37. The molecule has 8 heteroatoms. The summed E-state index contributed by atoms with van der Waals surface area (Å²) in [7, 11) is 0. The predicted octanol–water partition coefficient (Wildman–Crippen LogP) is 2.81. The number of aliphatic hydroxyl groups is 1. The fourth-order valence-electron chi connectivity index (χ4n) is 3.07. The number of para-hydroxylation sites is 1. The standard InChI is InChI=1S/C17H17ClN6O/c18-13-16(20-15-11-3-1-2-4-12(11)22-23-15)19-14(9-5-6-9)21-17(13)24-7-10(25)8-24/h1-4,9-10,25H,5-8H2,(H2,19,20,21,22,23). The first-order valence-corrected chi connectivity index (χ1v) is 8.77. The summed E-state index contributed by atoms with van der Waals surface area (Å²) in [6.45, 7) is 1.09. The SMILES string of the molecule is OC1CN(c2nc(C3CC3)nc(Nc3n[nH]c4ccccc34)c2Cl)C1. The minimum absolute atomic E-state index is 0.317. The van der Waals surface area contributed by atoms with Gasteiger partial charge in [0.15, 0.2) is 17.5 Å². The van der Waals surface area contributed by atoms with Gasteiger partial charge in [0.05, 0.1) is 11.6 Å². The molecule has 2 aromatic heterocycles. The number of hydrogen-bond acceptors (Lipinski definition) is 6. The highest BCUT2D eigenvalue weighted by molar-refractivity contribution is 6.35. The van der Waals surface area contributed by atoms with Crippen molar-refractivity contribution in [1.29, 1.82) is 0 Å². The normalized spacial score (nSPS) is 17.8. The van der Waals surface area contributed by atoms with Crippen molar-refractivity contribution >= 4 is 40.0 Å². The van der Waals surface area contributed by atoms with Crippen LogP contribution in [-0.2, 0) is 0 Å². The molecule has 1 aliphatic heterocycles. The number of β-amino-alcohol motifs (C(OH)–C–C–N with tert-alkyl or cyclic N) is 1. The van der Waals surface area contributed by atoms with E-state index in [0.717, 1.165) is 29.6 Å². The molecular formula is C17H17ClN6O. The van der Waals surface area contributed by atoms with E-state index >= 15 is 0 Å². The van der Waals surface area contributed by atoms with E-state index in [1.165, 1.54) is 0 Å². The molecule has 0 bridgehead atoms. The van der Waals surface area contributed by atoms with Crippen molar-refractivity contribution in [3.05, 3.63) is 35.1 Å². The monoisotopic (exact) mass is 356 g/mol. The van der Waals surface area contributed by atoms with Crippen LogP contribution in [0.15, 0.2) is 24.3 Å². The zero-order valence-electron chi connectivity index (χ0n) is 13.4. The fraction of sp³-hybridized carbons (Fsp3) is 0.353. The smallest absolute Gasteiger partial charge is 0.161 e. The minimum Gasteiger partial charge on any atom is -0.389 e. The fourth-order valence-corrected chi connectivity index (χ4v) is 3.32. The van der Waals surface area contributed by atoms with Crippen LogP contribution in [0.5, 0.6) is 0 Å². The van der Waals surface area contributed by atoms with Crippen LogP contribution in [0.25, 0.3) is 10.9 Å². The van der Waals surface area contributed by atoms with Gasteiger partial charge < -0.3 is 15.3 Å². The Hall–Kier alpha value is -2.38. The van der Waals surface area contributed by atoms with E-state index in [1.807, 2.05) is 29.2 Å². The number of aromatic nitrogens is 4. The number of anilines is 3. The van der Waals surface area contributed by atoms with Crippen LogP contribution in [0, 0.1) is 0 Å². The summed E-state index contributed by atoms with van der Waals surface area (Å²) < 4.78 is 0. The van der Waals surface area contributed by atoms with E-state index in [2.05, 4.69) is 25.5 Å². The summed E-state index contributed by atoms with van der Waals surface area (Å²) in [6.07, 6.45) is 1.89. The van der Waals surface area contributed by atoms with Crippen LogP contribution >= 0.6 is 11.6 Å². The van der Waals surface area contributed by atoms with Gasteiger partial charge in [-0.1, -0.05) is 23.7 Å². The molecule has 0 atom stereocenters. The van der Waals surface area contributed by atoms with E-state index in [9.17, 15) is 5.11 Å². The van der Waals surface area contributed by atoms with E-state index in [0.29, 0.717) is 41.5 Å². The third kappa shape index (κ3) is 2.60. The first-order valence-electron chi connectivity index (χ1n) is 8.39. The van der Waals surface area contributed by atoms with Crippen LogP contribution in [0.2, 0.25) is 5.02 Å². The number of rotatable bonds is 4. The molecule has 3 heterocycles. The van der Waals surface area contributed by atoms with Crippen molar-refractivity contribution in [3.8, 4) is 0 Å². The molecule has 1 aromatic carbocycles. The third-order valence-electron chi connectivity index (χ3n) is 4.66. The summed E-state index contributed by atoms with van der Waals surface area (Å²) >= 11 is 6.58. The van der Waals surface area contributed by atoms with E-state index in [1.54, 1.807) is 0 Å². The Morgan fingerprint density at radius 3 is 2.72 bits per heavy atom. The number of H-pyrrole nitrogens is 1. The Bertz CT molecular complexity index is 947. The number of nitrogens with zero attached hydrogens (tertiary/aromatic N) is 4. The molecule has 1 saturated carbocycles. The second kappa shape index (κ2) is 5.57. The third-order valence-corrected chi connectivity index (χ3v) is 5.01. The Morgan fingerprint density at radius 2 is 1.96 bits per heavy atom. The maximum absolute atomic E-state index is 9.60. The quantitative estimate of drug-likeness (QED) is 0.666. The molecule has 3 aromatic rings. The number of halogens is 1. The van der Waals surface area contributed by atoms with E-state index in [4.69, 9.17) is 11.6 Å². The molecule has 5 rings (SSSR count). The Kier molecular flexibility index (Phi) is 3.33. The van der Waals surface area contributed by atoms with Gasteiger partial charge in [-0.3, -0.25) is 5.10 Å². The predicted molar refractivity (Wildman–Crippen MR) is 96.6 cm³/mol. The van der Waals surface area contributed by atoms with Gasteiger partial charge in [0.25, 0.3) is 0 Å². The van der Waals surface area contributed by atoms with Gasteiger partial charge in [-0.15, -0.1) is 0 Å². The maximum atomic E-state index is 9.60. The number of benzene rings is 1. The minimum atomic E-state index is -0.317. The maximum Gasteiger partial charge on any atom is 0.161 e. The largest absolute Gasteiger partial charge is 0.389 e. The van der Waals surface area contributed by atoms with Gasteiger partial charge in [0, 0.05) is 24.4 Å². The van der Waals surface area contributed by atoms with Gasteiger partial charge >= 0.3 is 0 Å². The molecule has 2 aliphatic rings. The van der Waals surface area contributed by atoms with Crippen LogP contribution in [0.3, 0.4) is 0 Å². The lowest BCUT2D eigenvalue weighted by atomic mass is 10.1. The zero-order valence-corrected chi connectivity index (χ0v) is 14.2. The first-order chi connectivity index (χ1) is 12.2. The lowest BCUT2D eigenvalue weighted by Crippen LogP contribution is -2.51. The molecule has 0 amide bonds. The van der Waals surface area contributed by atoms with Crippen molar-refractivity contribution < 1.29 is 5.11 Å². The molecule has 0 spiro atoms.